The number of carbonyl (C=O) groups excluding carboxylic acids is 2. The molecule has 0 aliphatic heterocycles. The van der Waals surface area contributed by atoms with Gasteiger partial charge in [-0.2, -0.15) is 0 Å². The van der Waals surface area contributed by atoms with Gasteiger partial charge in [0.05, 0.1) is 0 Å². The van der Waals surface area contributed by atoms with Crippen LogP contribution in [0.5, 0.6) is 0 Å². The van der Waals surface area contributed by atoms with Crippen LogP contribution >= 0.6 is 0 Å². The summed E-state index contributed by atoms with van der Waals surface area (Å²) >= 11 is 0. The molecule has 4 N–H and O–H groups in total. The maximum absolute atomic E-state index is 11.1. The quantitative estimate of drug-likeness (QED) is 0.478. The van der Waals surface area contributed by atoms with Crippen molar-refractivity contribution in [3.05, 3.63) is 0 Å². The average Bonchev–Trinajstić information content (AvgIpc) is 2.29. The van der Waals surface area contributed by atoms with Crippen molar-refractivity contribution in [2.45, 2.75) is 26.7 Å². The minimum absolute atomic E-state index is 0.197. The number of urea groups is 2. The average molecular weight is 230 g/mol. The van der Waals surface area contributed by atoms with E-state index in [9.17, 15) is 9.59 Å². The standard InChI is InChI=1S/C10H22N4O2/c1-3-5-11-9(15)13-7-8-14-10(16)12-6-4-2/h3-8H2,1-2H3,(H2,11,13,15)(H2,12,14,16). The summed E-state index contributed by atoms with van der Waals surface area (Å²) in [4.78, 5) is 22.1. The highest BCUT2D eigenvalue weighted by Gasteiger charge is 1.99. The summed E-state index contributed by atoms with van der Waals surface area (Å²) in [6, 6.07) is -0.393. The number of amides is 4. The zero-order valence-electron chi connectivity index (χ0n) is 10.1. The molecule has 0 unspecified atom stereocenters. The predicted molar refractivity (Wildman–Crippen MR) is 63.4 cm³/mol. The number of rotatable bonds is 7. The molecule has 0 aromatic carbocycles. The minimum atomic E-state index is -0.197. The van der Waals surface area contributed by atoms with E-state index < -0.39 is 0 Å². The third kappa shape index (κ3) is 9.11. The molecule has 0 heterocycles. The second-order valence-electron chi connectivity index (χ2n) is 3.37. The molecule has 0 saturated carbocycles. The number of hydrogen-bond acceptors (Lipinski definition) is 2. The Morgan fingerprint density at radius 3 is 1.31 bits per heavy atom. The molecule has 0 bridgehead atoms. The third-order valence-corrected chi connectivity index (χ3v) is 1.77. The van der Waals surface area contributed by atoms with Crippen LogP contribution in [-0.4, -0.2) is 38.2 Å². The van der Waals surface area contributed by atoms with E-state index in [2.05, 4.69) is 21.3 Å². The van der Waals surface area contributed by atoms with Crippen LogP contribution in [-0.2, 0) is 0 Å². The van der Waals surface area contributed by atoms with Crippen molar-refractivity contribution in [1.29, 1.82) is 0 Å². The fourth-order valence-corrected chi connectivity index (χ4v) is 0.954. The topological polar surface area (TPSA) is 82.3 Å². The molecular formula is C10H22N4O2. The van der Waals surface area contributed by atoms with Crippen LogP contribution < -0.4 is 21.3 Å². The van der Waals surface area contributed by atoms with E-state index in [1.807, 2.05) is 13.8 Å². The first-order valence-electron chi connectivity index (χ1n) is 5.74. The summed E-state index contributed by atoms with van der Waals surface area (Å²) in [5.41, 5.74) is 0. The zero-order chi connectivity index (χ0) is 12.2. The van der Waals surface area contributed by atoms with Crippen molar-refractivity contribution in [1.82, 2.24) is 21.3 Å². The summed E-state index contributed by atoms with van der Waals surface area (Å²) in [5.74, 6) is 0. The van der Waals surface area contributed by atoms with Crippen molar-refractivity contribution < 1.29 is 9.59 Å². The summed E-state index contributed by atoms with van der Waals surface area (Å²) in [6.07, 6.45) is 1.82. The van der Waals surface area contributed by atoms with Crippen molar-refractivity contribution in [2.24, 2.45) is 0 Å². The van der Waals surface area contributed by atoms with Crippen LogP contribution in [0.2, 0.25) is 0 Å². The smallest absolute Gasteiger partial charge is 0.314 e. The summed E-state index contributed by atoms with van der Waals surface area (Å²) in [6.45, 7) is 6.15. The molecule has 0 spiro atoms. The summed E-state index contributed by atoms with van der Waals surface area (Å²) in [5, 5.41) is 10.6. The van der Waals surface area contributed by atoms with Crippen LogP contribution in [0, 0.1) is 0 Å². The molecule has 0 saturated heterocycles. The molecule has 0 rings (SSSR count). The number of carbonyl (C=O) groups is 2. The largest absolute Gasteiger partial charge is 0.338 e. The van der Waals surface area contributed by atoms with Gasteiger partial charge in [0.2, 0.25) is 0 Å². The van der Waals surface area contributed by atoms with E-state index in [4.69, 9.17) is 0 Å². The molecule has 0 radical (unpaired) electrons. The molecule has 0 fully saturated rings. The fourth-order valence-electron chi connectivity index (χ4n) is 0.954. The van der Waals surface area contributed by atoms with Gasteiger partial charge in [-0.1, -0.05) is 13.8 Å². The van der Waals surface area contributed by atoms with Gasteiger partial charge in [0.25, 0.3) is 0 Å². The van der Waals surface area contributed by atoms with Crippen molar-refractivity contribution >= 4 is 12.1 Å². The fraction of sp³-hybridized carbons (Fsp3) is 0.800. The van der Waals surface area contributed by atoms with Gasteiger partial charge < -0.3 is 21.3 Å². The Labute approximate surface area is 96.5 Å². The summed E-state index contributed by atoms with van der Waals surface area (Å²) < 4.78 is 0. The Kier molecular flexibility index (Phi) is 9.15. The lowest BCUT2D eigenvalue weighted by Gasteiger charge is -2.08. The zero-order valence-corrected chi connectivity index (χ0v) is 10.1. The Morgan fingerprint density at radius 1 is 0.688 bits per heavy atom. The van der Waals surface area contributed by atoms with Gasteiger partial charge in [-0.3, -0.25) is 0 Å². The molecule has 0 aliphatic carbocycles. The van der Waals surface area contributed by atoms with E-state index in [0.717, 1.165) is 12.8 Å². The van der Waals surface area contributed by atoms with Gasteiger partial charge in [-0.25, -0.2) is 9.59 Å². The molecule has 0 aliphatic rings. The maximum Gasteiger partial charge on any atom is 0.314 e. The molecular weight excluding hydrogens is 208 g/mol. The van der Waals surface area contributed by atoms with Gasteiger partial charge in [0.15, 0.2) is 0 Å². The molecule has 0 aromatic heterocycles. The second kappa shape index (κ2) is 10.1. The lowest BCUT2D eigenvalue weighted by atomic mass is 10.5. The first kappa shape index (κ1) is 14.5. The van der Waals surface area contributed by atoms with Gasteiger partial charge in [0, 0.05) is 26.2 Å². The van der Waals surface area contributed by atoms with Crippen LogP contribution in [0.25, 0.3) is 0 Å². The van der Waals surface area contributed by atoms with E-state index in [-0.39, 0.29) is 12.1 Å². The first-order chi connectivity index (χ1) is 7.70. The molecule has 6 nitrogen and oxygen atoms in total. The summed E-state index contributed by atoms with van der Waals surface area (Å²) in [7, 11) is 0. The minimum Gasteiger partial charge on any atom is -0.338 e. The van der Waals surface area contributed by atoms with Crippen LogP contribution in [0.1, 0.15) is 26.7 Å². The highest BCUT2D eigenvalue weighted by molar-refractivity contribution is 5.74. The maximum atomic E-state index is 11.1. The van der Waals surface area contributed by atoms with E-state index in [1.165, 1.54) is 0 Å². The second-order valence-corrected chi connectivity index (χ2v) is 3.37. The van der Waals surface area contributed by atoms with Gasteiger partial charge >= 0.3 is 12.1 Å². The molecule has 16 heavy (non-hydrogen) atoms. The van der Waals surface area contributed by atoms with Crippen LogP contribution in [0.4, 0.5) is 9.59 Å². The molecule has 0 aromatic rings. The Morgan fingerprint density at radius 2 is 1.00 bits per heavy atom. The van der Waals surface area contributed by atoms with E-state index in [0.29, 0.717) is 26.2 Å². The SMILES string of the molecule is CCCNC(=O)NCCNC(=O)NCCC. The highest BCUT2D eigenvalue weighted by Crippen LogP contribution is 1.72. The van der Waals surface area contributed by atoms with Gasteiger partial charge in [-0.05, 0) is 12.8 Å². The molecule has 6 heteroatoms. The Hall–Kier alpha value is -1.46. The predicted octanol–water partition coefficient (Wildman–Crippen LogP) is 0.405. The monoisotopic (exact) mass is 230 g/mol. The van der Waals surface area contributed by atoms with E-state index >= 15 is 0 Å². The number of nitrogens with one attached hydrogen (secondary N) is 4. The third-order valence-electron chi connectivity index (χ3n) is 1.77. The van der Waals surface area contributed by atoms with Gasteiger partial charge in [0.1, 0.15) is 0 Å². The highest BCUT2D eigenvalue weighted by atomic mass is 16.2. The van der Waals surface area contributed by atoms with Crippen molar-refractivity contribution in [2.75, 3.05) is 26.2 Å². The lowest BCUT2D eigenvalue weighted by molar-refractivity contribution is 0.236. The van der Waals surface area contributed by atoms with Crippen molar-refractivity contribution in [3.8, 4) is 0 Å². The lowest BCUT2D eigenvalue weighted by Crippen LogP contribution is -2.43. The molecule has 94 valence electrons. The van der Waals surface area contributed by atoms with Gasteiger partial charge in [-0.15, -0.1) is 0 Å². The number of hydrogen-bond donors (Lipinski definition) is 4. The molecule has 0 atom stereocenters. The van der Waals surface area contributed by atoms with Crippen LogP contribution in [0.15, 0.2) is 0 Å². The van der Waals surface area contributed by atoms with Crippen LogP contribution in [0.3, 0.4) is 0 Å². The molecule has 4 amide bonds. The van der Waals surface area contributed by atoms with E-state index in [1.54, 1.807) is 0 Å². The Bertz CT molecular complexity index is 187. The first-order valence-corrected chi connectivity index (χ1v) is 5.74. The van der Waals surface area contributed by atoms with Crippen molar-refractivity contribution in [3.63, 3.8) is 0 Å². The normalized spacial score (nSPS) is 9.38. The Balaban J connectivity index is 3.31.